The first-order chi connectivity index (χ1) is 13.0. The molecule has 0 radical (unpaired) electrons. The Morgan fingerprint density at radius 3 is 2.48 bits per heavy atom. The molecule has 7 nitrogen and oxygen atoms in total. The zero-order valence-electron chi connectivity index (χ0n) is 14.8. The number of hydrogen-bond donors (Lipinski definition) is 2. The first kappa shape index (κ1) is 18.3. The molecule has 3 rings (SSSR count). The van der Waals surface area contributed by atoms with Gasteiger partial charge in [-0.2, -0.15) is 5.10 Å². The summed E-state index contributed by atoms with van der Waals surface area (Å²) in [5.41, 5.74) is 1.02. The maximum absolute atomic E-state index is 12.2. The van der Waals surface area contributed by atoms with E-state index in [4.69, 9.17) is 4.74 Å². The van der Waals surface area contributed by atoms with E-state index in [1.54, 1.807) is 24.3 Å². The lowest BCUT2D eigenvalue weighted by molar-refractivity contribution is -0.154. The highest BCUT2D eigenvalue weighted by molar-refractivity contribution is 5.88. The lowest BCUT2D eigenvalue weighted by atomic mass is 10.1. The molecule has 3 aromatic rings. The second-order valence-corrected chi connectivity index (χ2v) is 6.06. The fourth-order valence-electron chi connectivity index (χ4n) is 2.66. The maximum Gasteiger partial charge on any atom is 0.312 e. The fraction of sp³-hybridized carbons (Fsp3) is 0.200. The highest BCUT2D eigenvalue weighted by Crippen LogP contribution is 2.13. The van der Waals surface area contributed by atoms with E-state index in [1.165, 1.54) is 6.92 Å². The predicted molar refractivity (Wildman–Crippen MR) is 99.9 cm³/mol. The van der Waals surface area contributed by atoms with Crippen molar-refractivity contribution in [2.24, 2.45) is 0 Å². The topological polar surface area (TPSA) is 101 Å². The molecular formula is C20H19N3O4. The number of nitrogens with one attached hydrogen (secondary N) is 2. The van der Waals surface area contributed by atoms with E-state index in [0.717, 1.165) is 5.56 Å². The average Bonchev–Trinajstić information content (AvgIpc) is 2.69. The number of nitrogens with zero attached hydrogens (tertiary/aromatic N) is 1. The quantitative estimate of drug-likeness (QED) is 0.648. The summed E-state index contributed by atoms with van der Waals surface area (Å²) in [7, 11) is 0. The van der Waals surface area contributed by atoms with Crippen LogP contribution in [0.15, 0.2) is 59.4 Å². The lowest BCUT2D eigenvalue weighted by Crippen LogP contribution is -2.35. The number of H-pyrrole nitrogens is 1. The molecule has 0 unspecified atom stereocenters. The van der Waals surface area contributed by atoms with Gasteiger partial charge in [-0.25, -0.2) is 5.10 Å². The highest BCUT2D eigenvalue weighted by atomic mass is 16.5. The third-order valence-corrected chi connectivity index (χ3v) is 4.07. The van der Waals surface area contributed by atoms with Gasteiger partial charge in [-0.05, 0) is 18.6 Å². The molecule has 1 aromatic heterocycles. The second kappa shape index (κ2) is 8.27. The van der Waals surface area contributed by atoms with Gasteiger partial charge in [0.25, 0.3) is 11.5 Å². The summed E-state index contributed by atoms with van der Waals surface area (Å²) in [6.45, 7) is 1.87. The summed E-state index contributed by atoms with van der Waals surface area (Å²) in [4.78, 5) is 36.1. The van der Waals surface area contributed by atoms with Crippen LogP contribution in [-0.2, 0) is 27.3 Å². The Bertz CT molecular complexity index is 1010. The third-order valence-electron chi connectivity index (χ3n) is 4.07. The number of ether oxygens (including phenoxy) is 1. The van der Waals surface area contributed by atoms with E-state index < -0.39 is 12.1 Å². The number of esters is 1. The van der Waals surface area contributed by atoms with Gasteiger partial charge in [0.15, 0.2) is 6.10 Å². The summed E-state index contributed by atoms with van der Waals surface area (Å²) in [6, 6.07) is 16.3. The molecule has 7 heteroatoms. The highest BCUT2D eigenvalue weighted by Gasteiger charge is 2.19. The van der Waals surface area contributed by atoms with Gasteiger partial charge in [0.05, 0.1) is 17.5 Å². The number of fused-ring (bicyclic) bond motifs is 1. The smallest absolute Gasteiger partial charge is 0.312 e. The van der Waals surface area contributed by atoms with Gasteiger partial charge in [0, 0.05) is 11.9 Å². The average molecular weight is 365 g/mol. The normalized spacial score (nSPS) is 11.7. The van der Waals surface area contributed by atoms with Crippen LogP contribution in [0.5, 0.6) is 0 Å². The Morgan fingerprint density at radius 2 is 1.74 bits per heavy atom. The van der Waals surface area contributed by atoms with Gasteiger partial charge in [-0.15, -0.1) is 0 Å². The van der Waals surface area contributed by atoms with E-state index in [0.29, 0.717) is 23.0 Å². The molecular weight excluding hydrogens is 346 g/mol. The number of carbonyl (C=O) groups excluding carboxylic acids is 2. The molecule has 2 aromatic carbocycles. The van der Waals surface area contributed by atoms with Crippen LogP contribution in [0.4, 0.5) is 0 Å². The summed E-state index contributed by atoms with van der Waals surface area (Å²) in [5.74, 6) is -0.978. The summed E-state index contributed by atoms with van der Waals surface area (Å²) in [6.07, 6.45) is -1.08. The number of amides is 1. The molecule has 0 fully saturated rings. The van der Waals surface area contributed by atoms with Gasteiger partial charge in [-0.1, -0.05) is 48.5 Å². The van der Waals surface area contributed by atoms with Crippen LogP contribution in [0.25, 0.3) is 10.8 Å². The van der Waals surface area contributed by atoms with Gasteiger partial charge in [0.2, 0.25) is 0 Å². The minimum Gasteiger partial charge on any atom is -0.452 e. The van der Waals surface area contributed by atoms with E-state index in [2.05, 4.69) is 15.5 Å². The summed E-state index contributed by atoms with van der Waals surface area (Å²) >= 11 is 0. The molecule has 0 aliphatic rings. The van der Waals surface area contributed by atoms with Crippen molar-refractivity contribution < 1.29 is 14.3 Å². The first-order valence-corrected chi connectivity index (χ1v) is 8.52. The van der Waals surface area contributed by atoms with Crippen LogP contribution >= 0.6 is 0 Å². The van der Waals surface area contributed by atoms with Crippen molar-refractivity contribution in [1.29, 1.82) is 0 Å². The predicted octanol–water partition coefficient (Wildman–Crippen LogP) is 1.71. The van der Waals surface area contributed by atoms with E-state index >= 15 is 0 Å². The first-order valence-electron chi connectivity index (χ1n) is 8.52. The van der Waals surface area contributed by atoms with Gasteiger partial charge < -0.3 is 10.1 Å². The van der Waals surface area contributed by atoms with Crippen LogP contribution in [-0.4, -0.2) is 28.2 Å². The minimum atomic E-state index is -0.935. The van der Waals surface area contributed by atoms with Crippen LogP contribution in [0, 0.1) is 0 Å². The van der Waals surface area contributed by atoms with E-state index in [9.17, 15) is 14.4 Å². The number of aromatic amines is 1. The number of carbonyl (C=O) groups is 2. The van der Waals surface area contributed by atoms with Gasteiger partial charge in [0.1, 0.15) is 0 Å². The molecule has 0 bridgehead atoms. The zero-order chi connectivity index (χ0) is 19.2. The SMILES string of the molecule is C[C@@H](OC(=O)Cc1n[nH]c(=O)c2ccccc12)C(=O)NCc1ccccc1. The third kappa shape index (κ3) is 4.58. The van der Waals surface area contributed by atoms with Crippen LogP contribution in [0.3, 0.4) is 0 Å². The Hall–Kier alpha value is -3.48. The van der Waals surface area contributed by atoms with Crippen molar-refractivity contribution in [3.63, 3.8) is 0 Å². The Morgan fingerprint density at radius 1 is 1.07 bits per heavy atom. The molecule has 1 amide bonds. The standard InChI is InChI=1S/C20H19N3O4/c1-13(19(25)21-12-14-7-3-2-4-8-14)27-18(24)11-17-15-9-5-6-10-16(15)20(26)23-22-17/h2-10,13H,11-12H2,1H3,(H,21,25)(H,23,26)/t13-/m1/s1. The number of hydrogen-bond acceptors (Lipinski definition) is 5. The van der Waals surface area contributed by atoms with Crippen molar-refractivity contribution in [2.75, 3.05) is 0 Å². The van der Waals surface area contributed by atoms with Crippen molar-refractivity contribution in [3.8, 4) is 0 Å². The lowest BCUT2D eigenvalue weighted by Gasteiger charge is -2.13. The Kier molecular flexibility index (Phi) is 5.61. The molecule has 0 aliphatic carbocycles. The van der Waals surface area contributed by atoms with Crippen molar-refractivity contribution >= 4 is 22.6 Å². The number of benzene rings is 2. The molecule has 1 atom stereocenters. The molecule has 0 spiro atoms. The molecule has 2 N–H and O–H groups in total. The molecule has 0 saturated heterocycles. The molecule has 1 heterocycles. The fourth-order valence-corrected chi connectivity index (χ4v) is 2.66. The number of aromatic nitrogens is 2. The Balaban J connectivity index is 1.60. The summed E-state index contributed by atoms with van der Waals surface area (Å²) in [5, 5.41) is 10.1. The molecule has 27 heavy (non-hydrogen) atoms. The molecule has 0 aliphatic heterocycles. The van der Waals surface area contributed by atoms with Crippen molar-refractivity contribution in [1.82, 2.24) is 15.5 Å². The maximum atomic E-state index is 12.2. The van der Waals surface area contributed by atoms with Crippen LogP contribution in [0.2, 0.25) is 0 Å². The second-order valence-electron chi connectivity index (χ2n) is 6.06. The van der Waals surface area contributed by atoms with E-state index in [1.807, 2.05) is 30.3 Å². The molecule has 138 valence electrons. The molecule has 0 saturated carbocycles. The van der Waals surface area contributed by atoms with Gasteiger partial charge >= 0.3 is 5.97 Å². The Labute approximate surface area is 155 Å². The summed E-state index contributed by atoms with van der Waals surface area (Å²) < 4.78 is 5.20. The van der Waals surface area contributed by atoms with Crippen molar-refractivity contribution in [3.05, 3.63) is 76.2 Å². The van der Waals surface area contributed by atoms with Crippen LogP contribution in [0.1, 0.15) is 18.2 Å². The zero-order valence-corrected chi connectivity index (χ0v) is 14.8. The van der Waals surface area contributed by atoms with E-state index in [-0.39, 0.29) is 17.9 Å². The number of rotatable bonds is 6. The monoisotopic (exact) mass is 365 g/mol. The largest absolute Gasteiger partial charge is 0.452 e. The van der Waals surface area contributed by atoms with Gasteiger partial charge in [-0.3, -0.25) is 14.4 Å². The minimum absolute atomic E-state index is 0.145. The van der Waals surface area contributed by atoms with Crippen LogP contribution < -0.4 is 10.9 Å². The van der Waals surface area contributed by atoms with Crippen molar-refractivity contribution in [2.45, 2.75) is 26.0 Å².